The minimum Gasteiger partial charge on any atom is -0.367 e. The van der Waals surface area contributed by atoms with Crippen molar-refractivity contribution in [3.05, 3.63) is 63.6 Å². The van der Waals surface area contributed by atoms with Crippen LogP contribution in [-0.2, 0) is 0 Å². The van der Waals surface area contributed by atoms with Crippen LogP contribution < -0.4 is 4.90 Å². The highest BCUT2D eigenvalue weighted by Gasteiger charge is 2.15. The van der Waals surface area contributed by atoms with Gasteiger partial charge in [0.15, 0.2) is 5.00 Å². The summed E-state index contributed by atoms with van der Waals surface area (Å²) in [6.07, 6.45) is 7.50. The van der Waals surface area contributed by atoms with Crippen molar-refractivity contribution in [2.45, 2.75) is 48.0 Å². The summed E-state index contributed by atoms with van der Waals surface area (Å²) in [5.41, 5.74) is 5.30. The van der Waals surface area contributed by atoms with Crippen molar-refractivity contribution in [3.63, 3.8) is 0 Å². The summed E-state index contributed by atoms with van der Waals surface area (Å²) in [5, 5.41) is 27.8. The van der Waals surface area contributed by atoms with Crippen molar-refractivity contribution < 1.29 is 0 Å². The molecule has 2 aromatic rings. The largest absolute Gasteiger partial charge is 0.367 e. The first kappa shape index (κ1) is 25.0. The molecule has 0 aliphatic heterocycles. The predicted octanol–water partition coefficient (Wildman–Crippen LogP) is 7.90. The minimum atomic E-state index is 0.423. The molecule has 0 atom stereocenters. The number of anilines is 1. The molecule has 0 saturated heterocycles. The van der Waals surface area contributed by atoms with Crippen molar-refractivity contribution >= 4 is 27.7 Å². The molecule has 1 aromatic heterocycles. The Morgan fingerprint density at radius 1 is 1.16 bits per heavy atom. The van der Waals surface area contributed by atoms with E-state index in [1.165, 1.54) is 16.9 Å². The second-order valence-corrected chi connectivity index (χ2v) is 9.10. The third kappa shape index (κ3) is 6.39. The lowest BCUT2D eigenvalue weighted by Gasteiger charge is -2.27. The van der Waals surface area contributed by atoms with Crippen LogP contribution in [0.5, 0.6) is 0 Å². The first-order chi connectivity index (χ1) is 15.3. The third-order valence-corrected chi connectivity index (χ3v) is 6.32. The van der Waals surface area contributed by atoms with Gasteiger partial charge in [-0.3, -0.25) is 0 Å². The first-order valence-electron chi connectivity index (χ1n) is 10.8. The molecule has 0 aliphatic rings. The zero-order valence-electron chi connectivity index (χ0n) is 19.8. The van der Waals surface area contributed by atoms with Crippen molar-refractivity contribution in [3.8, 4) is 12.1 Å². The number of hydrogen-bond acceptors (Lipinski definition) is 6. The monoisotopic (exact) mass is 445 g/mol. The van der Waals surface area contributed by atoms with E-state index in [2.05, 4.69) is 78.4 Å². The van der Waals surface area contributed by atoms with E-state index >= 15 is 0 Å². The topological polar surface area (TPSA) is 75.5 Å². The average molecular weight is 446 g/mol. The van der Waals surface area contributed by atoms with Crippen LogP contribution in [0, 0.1) is 42.4 Å². The van der Waals surface area contributed by atoms with Gasteiger partial charge in [0, 0.05) is 18.8 Å². The molecule has 32 heavy (non-hydrogen) atoms. The quantitative estimate of drug-likeness (QED) is 0.291. The summed E-state index contributed by atoms with van der Waals surface area (Å²) >= 11 is 1.20. The standard InChI is InChI=1S/C26H31N5S/c1-7-9-21(8-2)17-31(13-12-18(3)4)22-10-11-24(19(5)14-22)29-30-26-23(15-27)20(6)25(16-28)32-26/h7-11,14,18H,12-13,17H2,1-6H3/b9-7-,21-8+,30-29?. The average Bonchev–Trinajstić information content (AvgIpc) is 3.09. The fraction of sp³-hybridized carbons (Fsp3) is 0.385. The molecule has 1 heterocycles. The lowest BCUT2D eigenvalue weighted by atomic mass is 10.1. The second-order valence-electron chi connectivity index (χ2n) is 8.10. The fourth-order valence-corrected chi connectivity index (χ4v) is 4.12. The number of hydrogen-bond donors (Lipinski definition) is 0. The van der Waals surface area contributed by atoms with Crippen LogP contribution in [0.3, 0.4) is 0 Å². The van der Waals surface area contributed by atoms with Crippen LogP contribution in [0.15, 0.2) is 52.2 Å². The molecule has 0 radical (unpaired) electrons. The lowest BCUT2D eigenvalue weighted by Crippen LogP contribution is -2.27. The highest BCUT2D eigenvalue weighted by molar-refractivity contribution is 7.16. The Kier molecular flexibility index (Phi) is 9.38. The number of thiophene rings is 1. The smallest absolute Gasteiger partial charge is 0.158 e. The number of allylic oxidation sites excluding steroid dienone is 2. The molecule has 2 rings (SSSR count). The molecular weight excluding hydrogens is 414 g/mol. The summed E-state index contributed by atoms with van der Waals surface area (Å²) in [6.45, 7) is 14.2. The molecule has 0 fully saturated rings. The van der Waals surface area contributed by atoms with E-state index in [0.717, 1.165) is 36.4 Å². The van der Waals surface area contributed by atoms with Gasteiger partial charge >= 0.3 is 0 Å². The Bertz CT molecular complexity index is 1110. The number of rotatable bonds is 9. The van der Waals surface area contributed by atoms with Crippen molar-refractivity contribution in [1.29, 1.82) is 10.5 Å². The summed E-state index contributed by atoms with van der Waals surface area (Å²) in [4.78, 5) is 2.91. The molecule has 0 aliphatic carbocycles. The maximum atomic E-state index is 9.41. The molecule has 0 saturated carbocycles. The van der Waals surface area contributed by atoms with Gasteiger partial charge in [-0.2, -0.15) is 10.5 Å². The molecule has 0 N–H and O–H groups in total. The number of benzene rings is 1. The lowest BCUT2D eigenvalue weighted by molar-refractivity contribution is 0.578. The van der Waals surface area contributed by atoms with Crippen LogP contribution in [0.2, 0.25) is 0 Å². The van der Waals surface area contributed by atoms with E-state index in [0.29, 0.717) is 26.9 Å². The van der Waals surface area contributed by atoms with Gasteiger partial charge in [0.1, 0.15) is 17.0 Å². The normalized spacial score (nSPS) is 12.0. The minimum absolute atomic E-state index is 0.423. The van der Waals surface area contributed by atoms with E-state index in [1.807, 2.05) is 19.9 Å². The number of nitriles is 2. The van der Waals surface area contributed by atoms with Gasteiger partial charge in [0.2, 0.25) is 0 Å². The van der Waals surface area contributed by atoms with Crippen LogP contribution in [-0.4, -0.2) is 13.1 Å². The highest BCUT2D eigenvalue weighted by Crippen LogP contribution is 2.36. The van der Waals surface area contributed by atoms with E-state index in [9.17, 15) is 10.5 Å². The van der Waals surface area contributed by atoms with E-state index in [1.54, 1.807) is 6.92 Å². The Labute approximate surface area is 196 Å². The zero-order valence-corrected chi connectivity index (χ0v) is 20.6. The molecule has 0 bridgehead atoms. The molecule has 166 valence electrons. The van der Waals surface area contributed by atoms with Gasteiger partial charge in [0.05, 0.1) is 11.3 Å². The van der Waals surface area contributed by atoms with Crippen LogP contribution in [0.25, 0.3) is 0 Å². The number of azo groups is 1. The molecule has 5 nitrogen and oxygen atoms in total. The van der Waals surface area contributed by atoms with E-state index in [-0.39, 0.29) is 0 Å². The van der Waals surface area contributed by atoms with Crippen molar-refractivity contribution in [2.75, 3.05) is 18.0 Å². The Balaban J connectivity index is 2.33. The first-order valence-corrected chi connectivity index (χ1v) is 11.6. The third-order valence-electron chi connectivity index (χ3n) is 5.24. The number of aryl methyl sites for hydroxylation is 1. The van der Waals surface area contributed by atoms with Crippen molar-refractivity contribution in [2.24, 2.45) is 16.1 Å². The fourth-order valence-electron chi connectivity index (χ4n) is 3.24. The summed E-state index contributed by atoms with van der Waals surface area (Å²) < 4.78 is 0. The maximum Gasteiger partial charge on any atom is 0.158 e. The van der Waals surface area contributed by atoms with E-state index in [4.69, 9.17) is 0 Å². The summed E-state index contributed by atoms with van der Waals surface area (Å²) in [7, 11) is 0. The Morgan fingerprint density at radius 3 is 2.47 bits per heavy atom. The highest BCUT2D eigenvalue weighted by atomic mass is 32.1. The molecule has 1 aromatic carbocycles. The molecular formula is C26H31N5S. The maximum absolute atomic E-state index is 9.41. The van der Waals surface area contributed by atoms with Crippen molar-refractivity contribution in [1.82, 2.24) is 0 Å². The van der Waals surface area contributed by atoms with Gasteiger partial charge in [0.25, 0.3) is 0 Å². The zero-order chi connectivity index (χ0) is 23.7. The van der Waals surface area contributed by atoms with Crippen LogP contribution in [0.4, 0.5) is 16.4 Å². The van der Waals surface area contributed by atoms with E-state index < -0.39 is 0 Å². The van der Waals surface area contributed by atoms with Gasteiger partial charge in [-0.15, -0.1) is 21.6 Å². The van der Waals surface area contributed by atoms with Crippen LogP contribution >= 0.6 is 11.3 Å². The van der Waals surface area contributed by atoms with Gasteiger partial charge in [-0.25, -0.2) is 0 Å². The predicted molar refractivity (Wildman–Crippen MR) is 134 cm³/mol. The number of nitrogens with zero attached hydrogens (tertiary/aromatic N) is 5. The molecule has 0 amide bonds. The molecule has 6 heteroatoms. The summed E-state index contributed by atoms with van der Waals surface area (Å²) in [6, 6.07) is 10.5. The van der Waals surface area contributed by atoms with Gasteiger partial charge in [-0.05, 0) is 74.9 Å². The van der Waals surface area contributed by atoms with Crippen LogP contribution in [0.1, 0.15) is 55.7 Å². The summed E-state index contributed by atoms with van der Waals surface area (Å²) in [5.74, 6) is 0.629. The molecule has 0 unspecified atom stereocenters. The Morgan fingerprint density at radius 2 is 1.91 bits per heavy atom. The second kappa shape index (κ2) is 12.0. The Hall–Kier alpha value is -3.22. The SMILES string of the molecule is C/C=C\C(=C/C)CN(CCC(C)C)c1ccc(N=Nc2sc(C#N)c(C)c2C#N)c(C)c1. The molecule has 0 spiro atoms. The van der Waals surface area contributed by atoms with Gasteiger partial charge < -0.3 is 4.90 Å². The van der Waals surface area contributed by atoms with Gasteiger partial charge in [-0.1, -0.05) is 32.1 Å².